The number of carbonyl (C=O) groups excluding carboxylic acids is 3. The fourth-order valence-corrected chi connectivity index (χ4v) is 6.40. The van der Waals surface area contributed by atoms with Gasteiger partial charge in [0, 0.05) is 63.0 Å². The van der Waals surface area contributed by atoms with E-state index >= 15 is 0 Å². The van der Waals surface area contributed by atoms with E-state index in [1.54, 1.807) is 11.0 Å². The lowest BCUT2D eigenvalue weighted by Crippen LogP contribution is -2.52. The van der Waals surface area contributed by atoms with Crippen molar-refractivity contribution in [3.8, 4) is 5.75 Å². The third-order valence-corrected chi connectivity index (χ3v) is 8.88. The Balaban J connectivity index is 1.05. The molecule has 1 unspecified atom stereocenters. The molecule has 4 heterocycles. The van der Waals surface area contributed by atoms with Crippen LogP contribution in [0, 0.1) is 0 Å². The molecule has 0 saturated carbocycles. The standard InChI is InChI=1S/C31H39N5O4/c1-33-14-16-34(17-15-33)24-7-5-22(6-8-24)19-35-13-3-2-4-25(35)21-40-26-9-10-27-23(18-26)20-36(31(27)39)28-11-12-29(37)32-30(28)38/h5-10,18,25,28H,2-4,11-17,19-21H2,1H3,(H,32,37,38)/t25-,28?/m1/s1. The van der Waals surface area contributed by atoms with E-state index < -0.39 is 6.04 Å². The van der Waals surface area contributed by atoms with E-state index in [1.165, 1.54) is 24.1 Å². The van der Waals surface area contributed by atoms with Crippen LogP contribution in [0.1, 0.15) is 53.6 Å². The van der Waals surface area contributed by atoms with Gasteiger partial charge in [0.25, 0.3) is 5.91 Å². The van der Waals surface area contributed by atoms with Gasteiger partial charge in [-0.25, -0.2) is 0 Å². The summed E-state index contributed by atoms with van der Waals surface area (Å²) < 4.78 is 6.29. The number of fused-ring (bicyclic) bond motifs is 1. The lowest BCUT2D eigenvalue weighted by Gasteiger charge is -2.36. The number of piperidine rings is 2. The number of nitrogens with one attached hydrogen (secondary N) is 1. The highest BCUT2D eigenvalue weighted by Crippen LogP contribution is 2.31. The van der Waals surface area contributed by atoms with Crippen LogP contribution < -0.4 is 15.0 Å². The maximum Gasteiger partial charge on any atom is 0.255 e. The van der Waals surface area contributed by atoms with Crippen LogP contribution in [0.2, 0.25) is 0 Å². The molecule has 0 radical (unpaired) electrons. The number of rotatable bonds is 7. The van der Waals surface area contributed by atoms with Crippen molar-refractivity contribution in [2.75, 3.05) is 51.3 Å². The van der Waals surface area contributed by atoms with E-state index in [0.717, 1.165) is 57.0 Å². The largest absolute Gasteiger partial charge is 0.492 e. The molecule has 0 aliphatic carbocycles. The van der Waals surface area contributed by atoms with Crippen LogP contribution in [0.15, 0.2) is 42.5 Å². The summed E-state index contributed by atoms with van der Waals surface area (Å²) in [6.07, 6.45) is 4.12. The molecule has 9 nitrogen and oxygen atoms in total. The van der Waals surface area contributed by atoms with Gasteiger partial charge in [-0.1, -0.05) is 18.6 Å². The molecule has 3 saturated heterocycles. The van der Waals surface area contributed by atoms with E-state index in [0.29, 0.717) is 31.2 Å². The van der Waals surface area contributed by atoms with Crippen LogP contribution in [0.3, 0.4) is 0 Å². The Bertz CT molecular complexity index is 1260. The second-order valence-electron chi connectivity index (χ2n) is 11.6. The summed E-state index contributed by atoms with van der Waals surface area (Å²) >= 11 is 0. The first-order valence-corrected chi connectivity index (χ1v) is 14.6. The predicted molar refractivity (Wildman–Crippen MR) is 152 cm³/mol. The Morgan fingerprint density at radius 2 is 1.73 bits per heavy atom. The highest BCUT2D eigenvalue weighted by molar-refractivity contribution is 6.05. The Labute approximate surface area is 236 Å². The van der Waals surface area contributed by atoms with Gasteiger partial charge in [0.1, 0.15) is 18.4 Å². The molecule has 212 valence electrons. The first kappa shape index (κ1) is 26.8. The molecular weight excluding hydrogens is 506 g/mol. The summed E-state index contributed by atoms with van der Waals surface area (Å²) in [6, 6.07) is 14.4. The number of amides is 3. The minimum absolute atomic E-state index is 0.159. The average Bonchev–Trinajstić information content (AvgIpc) is 3.28. The van der Waals surface area contributed by atoms with E-state index in [2.05, 4.69) is 51.3 Å². The monoisotopic (exact) mass is 545 g/mol. The minimum Gasteiger partial charge on any atom is -0.492 e. The molecule has 2 aromatic rings. The molecule has 4 aliphatic heterocycles. The number of likely N-dealkylation sites (N-methyl/N-ethyl adjacent to an activating group) is 1. The Morgan fingerprint density at radius 1 is 0.925 bits per heavy atom. The van der Waals surface area contributed by atoms with Gasteiger partial charge in [-0.15, -0.1) is 0 Å². The van der Waals surface area contributed by atoms with Crippen molar-refractivity contribution in [1.82, 2.24) is 20.0 Å². The van der Waals surface area contributed by atoms with Crippen LogP contribution in [-0.2, 0) is 22.7 Å². The van der Waals surface area contributed by atoms with Crippen molar-refractivity contribution in [2.24, 2.45) is 0 Å². The summed E-state index contributed by atoms with van der Waals surface area (Å²) in [6.45, 7) is 7.30. The molecule has 0 aromatic heterocycles. The minimum atomic E-state index is -0.603. The first-order valence-electron chi connectivity index (χ1n) is 14.6. The van der Waals surface area contributed by atoms with Gasteiger partial charge in [0.15, 0.2) is 0 Å². The molecule has 2 aromatic carbocycles. The normalized spacial score (nSPS) is 24.3. The Morgan fingerprint density at radius 3 is 2.50 bits per heavy atom. The number of imide groups is 1. The van der Waals surface area contributed by atoms with Crippen LogP contribution in [0.4, 0.5) is 5.69 Å². The first-order chi connectivity index (χ1) is 19.4. The molecule has 9 heteroatoms. The summed E-state index contributed by atoms with van der Waals surface area (Å²) in [4.78, 5) is 45.8. The van der Waals surface area contributed by atoms with Crippen LogP contribution in [-0.4, -0.2) is 90.9 Å². The van der Waals surface area contributed by atoms with E-state index in [9.17, 15) is 14.4 Å². The number of nitrogens with zero attached hydrogens (tertiary/aromatic N) is 4. The van der Waals surface area contributed by atoms with Crippen LogP contribution >= 0.6 is 0 Å². The molecule has 2 atom stereocenters. The molecule has 0 spiro atoms. The van der Waals surface area contributed by atoms with Crippen LogP contribution in [0.5, 0.6) is 5.75 Å². The van der Waals surface area contributed by atoms with E-state index in [4.69, 9.17) is 4.74 Å². The molecule has 6 rings (SSSR count). The second-order valence-corrected chi connectivity index (χ2v) is 11.6. The van der Waals surface area contributed by atoms with Gasteiger partial charge >= 0.3 is 0 Å². The summed E-state index contributed by atoms with van der Waals surface area (Å²) in [7, 11) is 2.18. The lowest BCUT2D eigenvalue weighted by molar-refractivity contribution is -0.136. The second kappa shape index (κ2) is 11.6. The zero-order valence-electron chi connectivity index (χ0n) is 23.3. The maximum absolute atomic E-state index is 13.0. The highest BCUT2D eigenvalue weighted by Gasteiger charge is 2.39. The smallest absolute Gasteiger partial charge is 0.255 e. The summed E-state index contributed by atoms with van der Waals surface area (Å²) in [5, 5.41) is 2.36. The van der Waals surface area contributed by atoms with Gasteiger partial charge in [0.05, 0.1) is 0 Å². The van der Waals surface area contributed by atoms with Crippen molar-refractivity contribution in [1.29, 1.82) is 0 Å². The van der Waals surface area contributed by atoms with E-state index in [-0.39, 0.29) is 24.1 Å². The van der Waals surface area contributed by atoms with Crippen molar-refractivity contribution in [3.05, 3.63) is 59.2 Å². The molecule has 1 N–H and O–H groups in total. The van der Waals surface area contributed by atoms with E-state index in [1.807, 2.05) is 12.1 Å². The molecule has 4 aliphatic rings. The molecule has 3 fully saturated rings. The highest BCUT2D eigenvalue weighted by atomic mass is 16.5. The summed E-state index contributed by atoms with van der Waals surface area (Å²) in [5.41, 5.74) is 4.11. The van der Waals surface area contributed by atoms with Crippen molar-refractivity contribution in [2.45, 2.75) is 57.3 Å². The number of benzene rings is 2. The molecule has 3 amide bonds. The topological polar surface area (TPSA) is 85.4 Å². The van der Waals surface area contributed by atoms with Gasteiger partial charge < -0.3 is 19.4 Å². The maximum atomic E-state index is 13.0. The number of carbonyl (C=O) groups is 3. The number of ether oxygens (including phenoxy) is 1. The van der Waals surface area contributed by atoms with Crippen molar-refractivity contribution in [3.63, 3.8) is 0 Å². The average molecular weight is 546 g/mol. The molecular formula is C31H39N5O4. The third-order valence-electron chi connectivity index (χ3n) is 8.88. The Hall–Kier alpha value is -3.43. The predicted octanol–water partition coefficient (Wildman–Crippen LogP) is 2.63. The number of likely N-dealkylation sites (tertiary alicyclic amines) is 1. The lowest BCUT2D eigenvalue weighted by atomic mass is 10.0. The zero-order valence-corrected chi connectivity index (χ0v) is 23.3. The molecule has 40 heavy (non-hydrogen) atoms. The number of hydrogen-bond donors (Lipinski definition) is 1. The molecule has 0 bridgehead atoms. The van der Waals surface area contributed by atoms with Crippen molar-refractivity contribution < 1.29 is 19.1 Å². The van der Waals surface area contributed by atoms with Gasteiger partial charge in [-0.3, -0.25) is 24.6 Å². The Kier molecular flexibility index (Phi) is 7.76. The quantitative estimate of drug-likeness (QED) is 0.536. The fraction of sp³-hybridized carbons (Fsp3) is 0.516. The number of hydrogen-bond acceptors (Lipinski definition) is 7. The van der Waals surface area contributed by atoms with Gasteiger partial charge in [-0.05, 0) is 74.3 Å². The third kappa shape index (κ3) is 5.71. The zero-order chi connectivity index (χ0) is 27.6. The number of anilines is 1. The summed E-state index contributed by atoms with van der Waals surface area (Å²) in [5.74, 6) is -0.0763. The van der Waals surface area contributed by atoms with Gasteiger partial charge in [-0.2, -0.15) is 0 Å². The van der Waals surface area contributed by atoms with Crippen LogP contribution in [0.25, 0.3) is 0 Å². The fourth-order valence-electron chi connectivity index (χ4n) is 6.40. The SMILES string of the molecule is CN1CCN(c2ccc(CN3CCCC[C@@H]3COc3ccc4c(c3)CN(C3CCC(=O)NC3=O)C4=O)cc2)CC1. The van der Waals surface area contributed by atoms with Crippen molar-refractivity contribution >= 4 is 23.4 Å². The number of piperazine rings is 1. The van der Waals surface area contributed by atoms with Gasteiger partial charge in [0.2, 0.25) is 11.8 Å².